The van der Waals surface area contributed by atoms with Gasteiger partial charge in [0.2, 0.25) is 0 Å². The zero-order valence-electron chi connectivity index (χ0n) is 7.10. The van der Waals surface area contributed by atoms with Crippen LogP contribution in [0.5, 0.6) is 0 Å². The predicted molar refractivity (Wildman–Crippen MR) is 68.8 cm³/mol. The van der Waals surface area contributed by atoms with Crippen LogP contribution in [0.15, 0.2) is 17.5 Å². The van der Waals surface area contributed by atoms with E-state index in [2.05, 4.69) is 47.0 Å². The smallest absolute Gasteiger partial charge is 0.0474 e. The number of aryl methyl sites for hydroxylation is 1. The first-order valence-corrected chi connectivity index (χ1v) is 6.44. The van der Waals surface area contributed by atoms with Gasteiger partial charge in [0.25, 0.3) is 0 Å². The van der Waals surface area contributed by atoms with E-state index in [-0.39, 0.29) is 0 Å². The molecule has 0 nitrogen and oxygen atoms in total. The van der Waals surface area contributed by atoms with Gasteiger partial charge in [-0.2, -0.15) is 0 Å². The highest BCUT2D eigenvalue weighted by Gasteiger charge is 2.05. The topological polar surface area (TPSA) is 0 Å². The Morgan fingerprint density at radius 3 is 2.92 bits per heavy atom. The van der Waals surface area contributed by atoms with E-state index in [9.17, 15) is 0 Å². The lowest BCUT2D eigenvalue weighted by molar-refractivity contribution is 1.42. The van der Waals surface area contributed by atoms with Crippen molar-refractivity contribution in [3.8, 4) is 0 Å². The predicted octanol–water partition coefficient (Wildman–Crippen LogP) is 4.55. The molecule has 2 rings (SSSR count). The Kier molecular flexibility index (Phi) is 2.81. The minimum atomic E-state index is 0.600. The van der Waals surface area contributed by atoms with Crippen molar-refractivity contribution in [3.05, 3.63) is 32.2 Å². The van der Waals surface area contributed by atoms with Crippen molar-refractivity contribution in [2.75, 3.05) is 0 Å². The van der Waals surface area contributed by atoms with Gasteiger partial charge in [-0.3, -0.25) is 0 Å². The molecule has 0 aliphatic carbocycles. The van der Waals surface area contributed by atoms with Gasteiger partial charge in [-0.1, -0.05) is 0 Å². The van der Waals surface area contributed by atoms with Crippen LogP contribution in [0.2, 0.25) is 0 Å². The Balaban J connectivity index is 2.79. The number of benzene rings is 1. The molecule has 0 radical (unpaired) electrons. The molecule has 68 valence electrons. The van der Waals surface area contributed by atoms with Crippen LogP contribution < -0.4 is 0 Å². The van der Waals surface area contributed by atoms with E-state index in [1.165, 1.54) is 24.8 Å². The number of hydrogen-bond acceptors (Lipinski definition) is 1. The van der Waals surface area contributed by atoms with Crippen LogP contribution in [0, 0.1) is 10.5 Å². The molecule has 1 aromatic carbocycles. The second kappa shape index (κ2) is 3.75. The highest BCUT2D eigenvalue weighted by molar-refractivity contribution is 14.1. The van der Waals surface area contributed by atoms with Crippen LogP contribution in [-0.2, 0) is 5.88 Å². The van der Waals surface area contributed by atoms with E-state index in [0.29, 0.717) is 5.88 Å². The molecule has 0 aliphatic rings. The zero-order chi connectivity index (χ0) is 9.42. The van der Waals surface area contributed by atoms with Crippen molar-refractivity contribution >= 4 is 55.6 Å². The van der Waals surface area contributed by atoms with Gasteiger partial charge in [-0.15, -0.1) is 22.9 Å². The lowest BCUT2D eigenvalue weighted by Gasteiger charge is -2.00. The number of halogens is 2. The summed E-state index contributed by atoms with van der Waals surface area (Å²) in [5.41, 5.74) is 2.57. The quantitative estimate of drug-likeness (QED) is 0.533. The minimum absolute atomic E-state index is 0.600. The fourth-order valence-corrected chi connectivity index (χ4v) is 3.88. The van der Waals surface area contributed by atoms with Crippen LogP contribution >= 0.6 is 45.5 Å². The van der Waals surface area contributed by atoms with E-state index in [4.69, 9.17) is 11.6 Å². The lowest BCUT2D eigenvalue weighted by Crippen LogP contribution is -1.81. The summed E-state index contributed by atoms with van der Waals surface area (Å²) in [6.45, 7) is 2.15. The monoisotopic (exact) mass is 322 g/mol. The molecule has 0 saturated carbocycles. The van der Waals surface area contributed by atoms with Crippen molar-refractivity contribution < 1.29 is 0 Å². The Morgan fingerprint density at radius 1 is 1.46 bits per heavy atom. The molecule has 1 heterocycles. The normalized spacial score (nSPS) is 11.0. The Bertz CT molecular complexity index is 447. The fraction of sp³-hybridized carbons (Fsp3) is 0.200. The van der Waals surface area contributed by atoms with Gasteiger partial charge in [-0.25, -0.2) is 0 Å². The van der Waals surface area contributed by atoms with Crippen molar-refractivity contribution in [2.45, 2.75) is 12.8 Å². The number of fused-ring (bicyclic) bond motifs is 1. The number of alkyl halides is 1. The highest BCUT2D eigenvalue weighted by Crippen LogP contribution is 2.31. The molecule has 0 spiro atoms. The largest absolute Gasteiger partial charge is 0.143 e. The summed E-state index contributed by atoms with van der Waals surface area (Å²) in [6, 6.07) is 4.35. The van der Waals surface area contributed by atoms with Gasteiger partial charge >= 0.3 is 0 Å². The van der Waals surface area contributed by atoms with Gasteiger partial charge in [0.05, 0.1) is 0 Å². The molecule has 1 aromatic heterocycles. The fourth-order valence-electron chi connectivity index (χ4n) is 1.40. The molecule has 2 aromatic rings. The molecule has 0 aliphatic heterocycles. The van der Waals surface area contributed by atoms with Crippen molar-refractivity contribution in [3.63, 3.8) is 0 Å². The van der Waals surface area contributed by atoms with Crippen molar-refractivity contribution in [2.24, 2.45) is 0 Å². The first-order chi connectivity index (χ1) is 6.22. The van der Waals surface area contributed by atoms with Crippen molar-refractivity contribution in [1.29, 1.82) is 0 Å². The maximum Gasteiger partial charge on any atom is 0.0474 e. The first-order valence-electron chi connectivity index (χ1n) is 3.94. The van der Waals surface area contributed by atoms with Crippen LogP contribution in [0.25, 0.3) is 10.1 Å². The molecule has 3 heteroatoms. The third kappa shape index (κ3) is 1.72. The minimum Gasteiger partial charge on any atom is -0.143 e. The summed E-state index contributed by atoms with van der Waals surface area (Å²) >= 11 is 9.98. The molecular weight excluding hydrogens is 315 g/mol. The summed E-state index contributed by atoms with van der Waals surface area (Å²) in [6.07, 6.45) is 0. The standard InChI is InChI=1S/C10H8ClIS/c1-6-5-13-9-3-7(4-11)2-8(12)10(6)9/h2-3,5H,4H2,1H3. The first kappa shape index (κ1) is 9.74. The highest BCUT2D eigenvalue weighted by atomic mass is 127. The average Bonchev–Trinajstić information content (AvgIpc) is 2.48. The summed E-state index contributed by atoms with van der Waals surface area (Å²) in [5, 5.41) is 3.59. The molecule has 0 N–H and O–H groups in total. The van der Waals surface area contributed by atoms with E-state index in [1.54, 1.807) is 11.3 Å². The lowest BCUT2D eigenvalue weighted by atomic mass is 10.1. The number of rotatable bonds is 1. The third-order valence-corrected chi connectivity index (χ3v) is 4.23. The molecule has 0 bridgehead atoms. The molecule has 0 fully saturated rings. The van der Waals surface area contributed by atoms with E-state index in [1.807, 2.05) is 0 Å². The van der Waals surface area contributed by atoms with Gasteiger partial charge in [0.15, 0.2) is 0 Å². The van der Waals surface area contributed by atoms with E-state index >= 15 is 0 Å². The van der Waals surface area contributed by atoms with Gasteiger partial charge < -0.3 is 0 Å². The third-order valence-electron chi connectivity index (χ3n) is 2.03. The van der Waals surface area contributed by atoms with Gasteiger partial charge in [-0.05, 0) is 58.2 Å². The van der Waals surface area contributed by atoms with E-state index in [0.717, 1.165) is 0 Å². The number of thiophene rings is 1. The summed E-state index contributed by atoms with van der Waals surface area (Å²) in [7, 11) is 0. The van der Waals surface area contributed by atoms with Crippen LogP contribution in [0.3, 0.4) is 0 Å². The maximum atomic E-state index is 5.81. The average molecular weight is 323 g/mol. The number of hydrogen-bond donors (Lipinski definition) is 0. The Morgan fingerprint density at radius 2 is 2.23 bits per heavy atom. The molecule has 13 heavy (non-hydrogen) atoms. The second-order valence-corrected chi connectivity index (χ2v) is 5.34. The second-order valence-electron chi connectivity index (χ2n) is 3.00. The van der Waals surface area contributed by atoms with Crippen molar-refractivity contribution in [1.82, 2.24) is 0 Å². The maximum absolute atomic E-state index is 5.81. The van der Waals surface area contributed by atoms with Gasteiger partial charge in [0.1, 0.15) is 0 Å². The summed E-state index contributed by atoms with van der Waals surface area (Å²) < 4.78 is 2.66. The molecule has 0 unspecified atom stereocenters. The van der Waals surface area contributed by atoms with Crippen LogP contribution in [0.1, 0.15) is 11.1 Å². The zero-order valence-corrected chi connectivity index (χ0v) is 10.8. The Hall–Kier alpha value is 0.200. The van der Waals surface area contributed by atoms with Gasteiger partial charge in [0, 0.05) is 19.5 Å². The Labute approximate surface area is 100 Å². The molecule has 0 amide bonds. The summed E-state index contributed by atoms with van der Waals surface area (Å²) in [5.74, 6) is 0.600. The van der Waals surface area contributed by atoms with Crippen LogP contribution in [0.4, 0.5) is 0 Å². The SMILES string of the molecule is Cc1csc2cc(CCl)cc(I)c12. The molecular formula is C10H8ClIS. The molecule has 0 atom stereocenters. The van der Waals surface area contributed by atoms with Crippen LogP contribution in [-0.4, -0.2) is 0 Å². The summed E-state index contributed by atoms with van der Waals surface area (Å²) in [4.78, 5) is 0. The van der Waals surface area contributed by atoms with E-state index < -0.39 is 0 Å². The molecule has 0 saturated heterocycles.